The number of H-pyrrole nitrogens is 2. The Morgan fingerprint density at radius 3 is 3.00 bits per heavy atom. The highest BCUT2D eigenvalue weighted by Gasteiger charge is 2.05. The van der Waals surface area contributed by atoms with Crippen molar-refractivity contribution >= 4 is 21.9 Å². The lowest BCUT2D eigenvalue weighted by atomic mass is 10.2. The minimum atomic E-state index is -0.0935. The molecule has 4 nitrogen and oxygen atoms in total. The van der Waals surface area contributed by atoms with E-state index in [-0.39, 0.29) is 5.56 Å². The highest BCUT2D eigenvalue weighted by molar-refractivity contribution is 6.05. The molecule has 0 aliphatic carbocycles. The van der Waals surface area contributed by atoms with Gasteiger partial charge in [0, 0.05) is 28.7 Å². The summed E-state index contributed by atoms with van der Waals surface area (Å²) >= 11 is 0. The Kier molecular flexibility index (Phi) is 1.48. The first-order chi connectivity index (χ1) is 7.24. The van der Waals surface area contributed by atoms with E-state index in [0.29, 0.717) is 0 Å². The van der Waals surface area contributed by atoms with Crippen molar-refractivity contribution in [3.63, 3.8) is 0 Å². The number of rotatable bonds is 0. The second kappa shape index (κ2) is 2.70. The average Bonchev–Trinajstić information content (AvgIpc) is 2.54. The van der Waals surface area contributed by atoms with Crippen molar-refractivity contribution in [3.8, 4) is 0 Å². The Labute approximate surface area is 85.0 Å². The van der Waals surface area contributed by atoms with Gasteiger partial charge in [0.05, 0.1) is 5.52 Å². The van der Waals surface area contributed by atoms with Crippen LogP contribution in [0.15, 0.2) is 29.2 Å². The SMILES string of the molecule is Cc1ccc2c(n1)[nH]c1c[nH]c(=O)cc12. The molecule has 2 N–H and O–H groups in total. The van der Waals surface area contributed by atoms with E-state index in [4.69, 9.17) is 0 Å². The van der Waals surface area contributed by atoms with Gasteiger partial charge >= 0.3 is 0 Å². The lowest BCUT2D eigenvalue weighted by Gasteiger charge is -1.91. The maximum Gasteiger partial charge on any atom is 0.248 e. The Balaban J connectivity index is 2.58. The van der Waals surface area contributed by atoms with Crippen molar-refractivity contribution in [1.29, 1.82) is 0 Å². The molecule has 0 spiro atoms. The fourth-order valence-corrected chi connectivity index (χ4v) is 1.79. The summed E-state index contributed by atoms with van der Waals surface area (Å²) in [5.41, 5.74) is 2.59. The number of nitrogens with one attached hydrogen (secondary N) is 2. The number of pyridine rings is 2. The van der Waals surface area contributed by atoms with Crippen molar-refractivity contribution in [3.05, 3.63) is 40.4 Å². The van der Waals surface area contributed by atoms with Gasteiger partial charge < -0.3 is 9.97 Å². The molecule has 3 rings (SSSR count). The highest BCUT2D eigenvalue weighted by Crippen LogP contribution is 2.21. The standard InChI is InChI=1S/C11H9N3O/c1-6-2-3-7-8-4-10(15)12-5-9(8)14-11(7)13-6/h2-5H,1H3,(H,12,15)(H,13,14). The number of nitrogens with zero attached hydrogens (tertiary/aromatic N) is 1. The third-order valence-electron chi connectivity index (χ3n) is 2.50. The summed E-state index contributed by atoms with van der Waals surface area (Å²) in [6, 6.07) is 5.51. The van der Waals surface area contributed by atoms with Crippen LogP contribution in [-0.2, 0) is 0 Å². The van der Waals surface area contributed by atoms with Crippen LogP contribution in [0.1, 0.15) is 5.69 Å². The van der Waals surface area contributed by atoms with Crippen LogP contribution in [0.25, 0.3) is 21.9 Å². The molecular weight excluding hydrogens is 190 g/mol. The van der Waals surface area contributed by atoms with E-state index in [1.54, 1.807) is 12.3 Å². The molecule has 0 aliphatic heterocycles. The number of hydrogen-bond donors (Lipinski definition) is 2. The second-order valence-corrected chi connectivity index (χ2v) is 3.60. The maximum absolute atomic E-state index is 11.2. The van der Waals surface area contributed by atoms with Crippen LogP contribution >= 0.6 is 0 Å². The van der Waals surface area contributed by atoms with Crippen LogP contribution < -0.4 is 5.56 Å². The zero-order valence-corrected chi connectivity index (χ0v) is 8.16. The van der Waals surface area contributed by atoms with Gasteiger partial charge in [-0.2, -0.15) is 0 Å². The minimum Gasteiger partial charge on any atom is -0.338 e. The molecule has 0 amide bonds. The molecule has 0 radical (unpaired) electrons. The zero-order chi connectivity index (χ0) is 10.4. The van der Waals surface area contributed by atoms with E-state index < -0.39 is 0 Å². The minimum absolute atomic E-state index is 0.0935. The van der Waals surface area contributed by atoms with E-state index in [9.17, 15) is 4.79 Å². The van der Waals surface area contributed by atoms with Crippen LogP contribution in [0.5, 0.6) is 0 Å². The molecule has 3 aromatic heterocycles. The molecule has 3 aromatic rings. The summed E-state index contributed by atoms with van der Waals surface area (Å²) in [4.78, 5) is 21.4. The Bertz CT molecular complexity index is 708. The van der Waals surface area contributed by atoms with Crippen LogP contribution in [0.4, 0.5) is 0 Å². The van der Waals surface area contributed by atoms with Gasteiger partial charge in [-0.15, -0.1) is 0 Å². The smallest absolute Gasteiger partial charge is 0.248 e. The monoisotopic (exact) mass is 199 g/mol. The Hall–Kier alpha value is -2.10. The summed E-state index contributed by atoms with van der Waals surface area (Å²) in [7, 11) is 0. The molecule has 0 atom stereocenters. The predicted molar refractivity (Wildman–Crippen MR) is 59.0 cm³/mol. The number of aromatic amines is 2. The van der Waals surface area contributed by atoms with Crippen LogP contribution in [0.2, 0.25) is 0 Å². The first kappa shape index (κ1) is 8.23. The third kappa shape index (κ3) is 1.15. The zero-order valence-electron chi connectivity index (χ0n) is 8.16. The molecule has 3 heterocycles. The molecule has 0 unspecified atom stereocenters. The van der Waals surface area contributed by atoms with Crippen molar-refractivity contribution in [2.45, 2.75) is 6.92 Å². The average molecular weight is 199 g/mol. The first-order valence-corrected chi connectivity index (χ1v) is 4.72. The highest BCUT2D eigenvalue weighted by atomic mass is 16.1. The number of hydrogen-bond acceptors (Lipinski definition) is 2. The Morgan fingerprint density at radius 1 is 1.27 bits per heavy atom. The van der Waals surface area contributed by atoms with Gasteiger partial charge in [-0.05, 0) is 19.1 Å². The largest absolute Gasteiger partial charge is 0.338 e. The van der Waals surface area contributed by atoms with E-state index >= 15 is 0 Å². The lowest BCUT2D eigenvalue weighted by Crippen LogP contribution is -2.00. The molecular formula is C11H9N3O. The molecule has 0 aliphatic rings. The molecule has 0 saturated carbocycles. The van der Waals surface area contributed by atoms with Crippen LogP contribution in [0, 0.1) is 6.92 Å². The maximum atomic E-state index is 11.2. The topological polar surface area (TPSA) is 61.5 Å². The van der Waals surface area contributed by atoms with Gasteiger partial charge in [0.15, 0.2) is 0 Å². The quantitative estimate of drug-likeness (QED) is 0.579. The van der Waals surface area contributed by atoms with Gasteiger partial charge in [0.2, 0.25) is 5.56 Å². The molecule has 0 saturated heterocycles. The summed E-state index contributed by atoms with van der Waals surface area (Å²) in [6.45, 7) is 1.94. The van der Waals surface area contributed by atoms with Gasteiger partial charge in [0.1, 0.15) is 5.65 Å². The van der Waals surface area contributed by atoms with Crippen LogP contribution in [-0.4, -0.2) is 15.0 Å². The van der Waals surface area contributed by atoms with Crippen molar-refractivity contribution in [1.82, 2.24) is 15.0 Å². The first-order valence-electron chi connectivity index (χ1n) is 4.72. The molecule has 0 aromatic carbocycles. The predicted octanol–water partition coefficient (Wildman–Crippen LogP) is 1.71. The number of aromatic nitrogens is 3. The summed E-state index contributed by atoms with van der Waals surface area (Å²) < 4.78 is 0. The molecule has 4 heteroatoms. The molecule has 15 heavy (non-hydrogen) atoms. The Morgan fingerprint density at radius 2 is 2.13 bits per heavy atom. The normalized spacial score (nSPS) is 11.3. The fraction of sp³-hybridized carbons (Fsp3) is 0.0909. The van der Waals surface area contributed by atoms with E-state index in [2.05, 4.69) is 15.0 Å². The summed E-state index contributed by atoms with van der Waals surface area (Å²) in [5.74, 6) is 0. The molecule has 74 valence electrons. The van der Waals surface area contributed by atoms with E-state index in [0.717, 1.165) is 27.6 Å². The number of aryl methyl sites for hydroxylation is 1. The molecule has 0 bridgehead atoms. The lowest BCUT2D eigenvalue weighted by molar-refractivity contribution is 1.22. The fourth-order valence-electron chi connectivity index (χ4n) is 1.79. The third-order valence-corrected chi connectivity index (χ3v) is 2.50. The van der Waals surface area contributed by atoms with Crippen molar-refractivity contribution in [2.75, 3.05) is 0 Å². The summed E-state index contributed by atoms with van der Waals surface area (Å²) in [6.07, 6.45) is 1.68. The summed E-state index contributed by atoms with van der Waals surface area (Å²) in [5, 5.41) is 1.91. The van der Waals surface area contributed by atoms with E-state index in [1.807, 2.05) is 19.1 Å². The number of fused-ring (bicyclic) bond motifs is 3. The van der Waals surface area contributed by atoms with Crippen molar-refractivity contribution < 1.29 is 0 Å². The molecule has 0 fully saturated rings. The van der Waals surface area contributed by atoms with Crippen molar-refractivity contribution in [2.24, 2.45) is 0 Å². The van der Waals surface area contributed by atoms with Crippen LogP contribution in [0.3, 0.4) is 0 Å². The van der Waals surface area contributed by atoms with Gasteiger partial charge in [0.25, 0.3) is 0 Å². The van der Waals surface area contributed by atoms with Gasteiger partial charge in [-0.1, -0.05) is 0 Å². The second-order valence-electron chi connectivity index (χ2n) is 3.60. The van der Waals surface area contributed by atoms with E-state index in [1.165, 1.54) is 0 Å². The van der Waals surface area contributed by atoms with Gasteiger partial charge in [-0.3, -0.25) is 4.79 Å². The van der Waals surface area contributed by atoms with Gasteiger partial charge in [-0.25, -0.2) is 4.98 Å².